The van der Waals surface area contributed by atoms with Gasteiger partial charge in [-0.25, -0.2) is 4.79 Å². The first-order chi connectivity index (χ1) is 6.13. The third-order valence-electron chi connectivity index (χ3n) is 1.33. The lowest BCUT2D eigenvalue weighted by atomic mass is 10.3. The van der Waals surface area contributed by atoms with Gasteiger partial charge in [0.25, 0.3) is 0 Å². The number of ether oxygens (including phenoxy) is 1. The van der Waals surface area contributed by atoms with Gasteiger partial charge in [-0.3, -0.25) is 0 Å². The van der Waals surface area contributed by atoms with Crippen LogP contribution < -0.4 is 0 Å². The Hall–Kier alpha value is -0.790. The van der Waals surface area contributed by atoms with Crippen LogP contribution in [0, 0.1) is 18.8 Å². The Bertz CT molecular complexity index is 365. The van der Waals surface area contributed by atoms with Crippen LogP contribution in [0.2, 0.25) is 0 Å². The van der Waals surface area contributed by atoms with E-state index >= 15 is 0 Å². The van der Waals surface area contributed by atoms with Crippen LogP contribution in [0.4, 0.5) is 0 Å². The van der Waals surface area contributed by atoms with E-state index in [0.717, 1.165) is 14.2 Å². The molecule has 4 heteroatoms. The van der Waals surface area contributed by atoms with Gasteiger partial charge in [-0.15, -0.1) is 11.3 Å². The summed E-state index contributed by atoms with van der Waals surface area (Å²) in [5.74, 6) is 4.58. The molecule has 0 radical (unpaired) electrons. The highest BCUT2D eigenvalue weighted by Crippen LogP contribution is 2.26. The van der Waals surface area contributed by atoms with Crippen molar-refractivity contribution in [3.05, 3.63) is 20.3 Å². The van der Waals surface area contributed by atoms with Crippen molar-refractivity contribution in [3.63, 3.8) is 0 Å². The molecular weight excluding hydrogens is 252 g/mol. The predicted molar refractivity (Wildman–Crippen MR) is 55.7 cm³/mol. The fourth-order valence-corrected chi connectivity index (χ4v) is 2.07. The highest BCUT2D eigenvalue weighted by molar-refractivity contribution is 9.11. The van der Waals surface area contributed by atoms with E-state index in [-0.39, 0.29) is 0 Å². The largest absolute Gasteiger partial charge is 0.459 e. The first-order valence-corrected chi connectivity index (χ1v) is 5.10. The van der Waals surface area contributed by atoms with E-state index in [1.165, 1.54) is 18.4 Å². The van der Waals surface area contributed by atoms with Gasteiger partial charge in [-0.1, -0.05) is 0 Å². The normalized spacial score (nSPS) is 8.85. The lowest BCUT2D eigenvalue weighted by Gasteiger charge is -1.83. The van der Waals surface area contributed by atoms with E-state index in [9.17, 15) is 4.79 Å². The van der Waals surface area contributed by atoms with Gasteiger partial charge >= 0.3 is 5.97 Å². The molecule has 0 saturated heterocycles. The van der Waals surface area contributed by atoms with Crippen LogP contribution in [0.5, 0.6) is 0 Å². The van der Waals surface area contributed by atoms with Crippen molar-refractivity contribution in [2.45, 2.75) is 6.92 Å². The van der Waals surface area contributed by atoms with Gasteiger partial charge in [-0.2, -0.15) is 0 Å². The molecule has 0 aliphatic rings. The van der Waals surface area contributed by atoms with E-state index in [4.69, 9.17) is 0 Å². The number of aryl methyl sites for hydroxylation is 1. The quantitative estimate of drug-likeness (QED) is 0.528. The second-order valence-electron chi connectivity index (χ2n) is 2.31. The summed E-state index contributed by atoms with van der Waals surface area (Å²) in [7, 11) is 1.31. The monoisotopic (exact) mass is 258 g/mol. The van der Waals surface area contributed by atoms with Gasteiger partial charge in [-0.05, 0) is 40.4 Å². The molecule has 1 heterocycles. The minimum absolute atomic E-state index is 0.512. The molecule has 0 amide bonds. The zero-order chi connectivity index (χ0) is 9.84. The summed E-state index contributed by atoms with van der Waals surface area (Å²) in [6.07, 6.45) is 0. The molecule has 13 heavy (non-hydrogen) atoms. The van der Waals surface area contributed by atoms with Gasteiger partial charge < -0.3 is 4.74 Å². The molecule has 0 N–H and O–H groups in total. The molecule has 2 nitrogen and oxygen atoms in total. The Morgan fingerprint density at radius 2 is 2.38 bits per heavy atom. The Morgan fingerprint density at radius 3 is 2.85 bits per heavy atom. The topological polar surface area (TPSA) is 26.3 Å². The third-order valence-corrected chi connectivity index (χ3v) is 3.38. The van der Waals surface area contributed by atoms with Crippen molar-refractivity contribution in [2.24, 2.45) is 0 Å². The maximum atomic E-state index is 10.7. The SMILES string of the molecule is COC(=O)C#Cc1cc(C)c(Br)s1. The molecule has 1 aromatic rings. The van der Waals surface area contributed by atoms with E-state index in [2.05, 4.69) is 32.5 Å². The molecule has 0 saturated carbocycles. The molecule has 0 aliphatic carbocycles. The summed E-state index contributed by atoms with van der Waals surface area (Å²) in [5, 5.41) is 0. The molecule has 0 fully saturated rings. The van der Waals surface area contributed by atoms with Crippen LogP contribution in [-0.2, 0) is 9.53 Å². The van der Waals surface area contributed by atoms with Crippen LogP contribution in [-0.4, -0.2) is 13.1 Å². The fraction of sp³-hybridized carbons (Fsp3) is 0.222. The molecular formula is C9H7BrO2S. The average molecular weight is 259 g/mol. The van der Waals surface area contributed by atoms with Crippen molar-refractivity contribution in [1.29, 1.82) is 0 Å². The van der Waals surface area contributed by atoms with Crippen molar-refractivity contribution >= 4 is 33.2 Å². The van der Waals surface area contributed by atoms with Crippen LogP contribution >= 0.6 is 27.3 Å². The molecule has 68 valence electrons. The summed E-state index contributed by atoms with van der Waals surface area (Å²) >= 11 is 4.88. The predicted octanol–water partition coefficient (Wildman–Crippen LogP) is 2.34. The summed E-state index contributed by atoms with van der Waals surface area (Å²) in [6.45, 7) is 1.98. The maximum Gasteiger partial charge on any atom is 0.384 e. The number of carbonyl (C=O) groups is 1. The van der Waals surface area contributed by atoms with Gasteiger partial charge in [0, 0.05) is 5.92 Å². The number of rotatable bonds is 0. The summed E-state index contributed by atoms with van der Waals surface area (Å²) in [6, 6.07) is 1.92. The second-order valence-corrected chi connectivity index (χ2v) is 4.68. The number of halogens is 1. The fourth-order valence-electron chi connectivity index (χ4n) is 0.685. The van der Waals surface area contributed by atoms with E-state index in [1.54, 1.807) is 0 Å². The Balaban J connectivity index is 2.84. The van der Waals surface area contributed by atoms with E-state index in [0.29, 0.717) is 0 Å². The summed E-state index contributed by atoms with van der Waals surface area (Å²) < 4.78 is 5.43. The maximum absolute atomic E-state index is 10.7. The molecule has 0 atom stereocenters. The molecule has 0 aliphatic heterocycles. The minimum atomic E-state index is -0.512. The number of carbonyl (C=O) groups excluding carboxylic acids is 1. The number of hydrogen-bond acceptors (Lipinski definition) is 3. The van der Waals surface area contributed by atoms with Crippen LogP contribution in [0.15, 0.2) is 9.85 Å². The Morgan fingerprint density at radius 1 is 1.69 bits per heavy atom. The standard InChI is InChI=1S/C9H7BrO2S/c1-6-5-7(13-9(6)10)3-4-8(11)12-2/h5H,1-2H3. The summed E-state index contributed by atoms with van der Waals surface area (Å²) in [5.41, 5.74) is 1.12. The molecule has 1 rings (SSSR count). The van der Waals surface area contributed by atoms with E-state index in [1.807, 2.05) is 13.0 Å². The lowest BCUT2D eigenvalue weighted by molar-refractivity contribution is -0.133. The second kappa shape index (κ2) is 4.45. The molecule has 0 unspecified atom stereocenters. The zero-order valence-electron chi connectivity index (χ0n) is 7.18. The smallest absolute Gasteiger partial charge is 0.384 e. The van der Waals surface area contributed by atoms with E-state index < -0.39 is 5.97 Å². The zero-order valence-corrected chi connectivity index (χ0v) is 9.58. The average Bonchev–Trinajstić information content (AvgIpc) is 2.42. The molecule has 0 bridgehead atoms. The third kappa shape index (κ3) is 2.87. The highest BCUT2D eigenvalue weighted by atomic mass is 79.9. The lowest BCUT2D eigenvalue weighted by Crippen LogP contribution is -1.93. The van der Waals surface area contributed by atoms with Crippen LogP contribution in [0.3, 0.4) is 0 Å². The van der Waals surface area contributed by atoms with Crippen LogP contribution in [0.1, 0.15) is 10.4 Å². The minimum Gasteiger partial charge on any atom is -0.459 e. The molecule has 0 aromatic carbocycles. The summed E-state index contributed by atoms with van der Waals surface area (Å²) in [4.78, 5) is 11.5. The van der Waals surface area contributed by atoms with Gasteiger partial charge in [0.2, 0.25) is 0 Å². The van der Waals surface area contributed by atoms with Crippen molar-refractivity contribution < 1.29 is 9.53 Å². The van der Waals surface area contributed by atoms with Gasteiger partial charge in [0.15, 0.2) is 0 Å². The van der Waals surface area contributed by atoms with Crippen molar-refractivity contribution in [1.82, 2.24) is 0 Å². The van der Waals surface area contributed by atoms with Gasteiger partial charge in [0.1, 0.15) is 0 Å². The number of methoxy groups -OCH3 is 1. The molecule has 1 aromatic heterocycles. The van der Waals surface area contributed by atoms with Gasteiger partial charge in [0.05, 0.1) is 15.8 Å². The molecule has 0 spiro atoms. The van der Waals surface area contributed by atoms with Crippen molar-refractivity contribution in [3.8, 4) is 11.8 Å². The Kier molecular flexibility index (Phi) is 3.52. The van der Waals surface area contributed by atoms with Crippen molar-refractivity contribution in [2.75, 3.05) is 7.11 Å². The number of esters is 1. The number of hydrogen-bond donors (Lipinski definition) is 0. The number of thiophene rings is 1. The van der Waals surface area contributed by atoms with Crippen LogP contribution in [0.25, 0.3) is 0 Å². The Labute approximate surface area is 89.0 Å². The first kappa shape index (κ1) is 10.3. The highest BCUT2D eigenvalue weighted by Gasteiger charge is 1.99. The first-order valence-electron chi connectivity index (χ1n) is 3.49.